The lowest BCUT2D eigenvalue weighted by Gasteiger charge is -2.08. The Morgan fingerprint density at radius 3 is 1.44 bits per heavy atom. The summed E-state index contributed by atoms with van der Waals surface area (Å²) in [6.45, 7) is 0. The van der Waals surface area contributed by atoms with Crippen molar-refractivity contribution in [3.05, 3.63) is 36.4 Å². The van der Waals surface area contributed by atoms with Gasteiger partial charge in [0, 0.05) is 0 Å². The Kier molecular flexibility index (Phi) is 5.37. The lowest BCUT2D eigenvalue weighted by molar-refractivity contribution is 0.479. The van der Waals surface area contributed by atoms with Gasteiger partial charge in [0.25, 0.3) is 30.4 Å². The molecular formula is C12H11N3O9S3. The number of nitrogen functional groups attached to an aromatic ring is 1. The second-order valence-corrected chi connectivity index (χ2v) is 9.18. The van der Waals surface area contributed by atoms with Crippen molar-refractivity contribution >= 4 is 47.4 Å². The van der Waals surface area contributed by atoms with Crippen LogP contribution >= 0.6 is 0 Å². The highest BCUT2D eigenvalue weighted by Gasteiger charge is 2.24. The van der Waals surface area contributed by atoms with Crippen LogP contribution in [0.2, 0.25) is 0 Å². The van der Waals surface area contributed by atoms with Crippen LogP contribution < -0.4 is 5.73 Å². The molecule has 2 aromatic rings. The van der Waals surface area contributed by atoms with Gasteiger partial charge in [-0.3, -0.25) is 13.7 Å². The molecule has 0 fully saturated rings. The molecule has 27 heavy (non-hydrogen) atoms. The van der Waals surface area contributed by atoms with E-state index in [0.717, 1.165) is 36.4 Å². The van der Waals surface area contributed by atoms with Crippen LogP contribution in [0.5, 0.6) is 0 Å². The molecule has 0 saturated carbocycles. The Hall–Kier alpha value is -2.43. The number of hydrogen-bond acceptors (Lipinski definition) is 9. The van der Waals surface area contributed by atoms with Crippen molar-refractivity contribution in [2.24, 2.45) is 10.2 Å². The van der Waals surface area contributed by atoms with E-state index in [4.69, 9.17) is 19.4 Å². The summed E-state index contributed by atoms with van der Waals surface area (Å²) in [4.78, 5) is -2.42. The lowest BCUT2D eigenvalue weighted by Crippen LogP contribution is -2.09. The SMILES string of the molecule is Nc1c(S(=O)(=O)O)cc(N=Nc2ccc(S(=O)(=O)O)cc2)cc1S(=O)(=O)O. The normalized spacial score (nSPS) is 13.1. The maximum Gasteiger partial charge on any atom is 0.296 e. The molecule has 0 unspecified atom stereocenters. The highest BCUT2D eigenvalue weighted by molar-refractivity contribution is 7.87. The predicted octanol–water partition coefficient (Wildman–Crippen LogP) is 1.42. The van der Waals surface area contributed by atoms with E-state index >= 15 is 0 Å². The molecule has 0 aliphatic heterocycles. The lowest BCUT2D eigenvalue weighted by atomic mass is 10.3. The molecule has 0 bridgehead atoms. The summed E-state index contributed by atoms with van der Waals surface area (Å²) in [5, 5.41) is 7.19. The van der Waals surface area contributed by atoms with Gasteiger partial charge in [0.2, 0.25) is 0 Å². The fourth-order valence-corrected chi connectivity index (χ4v) is 3.73. The number of nitrogens with two attached hydrogens (primary N) is 1. The molecule has 0 aromatic heterocycles. The summed E-state index contributed by atoms with van der Waals surface area (Å²) in [5.74, 6) is 0. The van der Waals surface area contributed by atoms with Gasteiger partial charge >= 0.3 is 0 Å². The molecule has 0 aliphatic carbocycles. The predicted molar refractivity (Wildman–Crippen MR) is 90.9 cm³/mol. The molecule has 0 radical (unpaired) electrons. The number of azo groups is 1. The molecule has 0 heterocycles. The maximum atomic E-state index is 11.3. The fourth-order valence-electron chi connectivity index (χ4n) is 1.87. The molecule has 0 saturated heterocycles. The minimum atomic E-state index is -4.94. The molecule has 0 amide bonds. The van der Waals surface area contributed by atoms with Crippen molar-refractivity contribution in [1.29, 1.82) is 0 Å². The van der Waals surface area contributed by atoms with E-state index in [9.17, 15) is 25.3 Å². The van der Waals surface area contributed by atoms with Crippen LogP contribution in [0, 0.1) is 0 Å². The van der Waals surface area contributed by atoms with Gasteiger partial charge in [0.1, 0.15) is 9.79 Å². The average molecular weight is 437 g/mol. The zero-order valence-electron chi connectivity index (χ0n) is 13.0. The van der Waals surface area contributed by atoms with Crippen LogP contribution in [0.15, 0.2) is 61.3 Å². The summed E-state index contributed by atoms with van der Waals surface area (Å²) < 4.78 is 94.4. The van der Waals surface area contributed by atoms with Crippen LogP contribution in [0.1, 0.15) is 0 Å². The number of rotatable bonds is 5. The molecule has 2 rings (SSSR count). The summed E-state index contributed by atoms with van der Waals surface area (Å²) in [7, 11) is -14.3. The first-order chi connectivity index (χ1) is 12.2. The average Bonchev–Trinajstić information content (AvgIpc) is 2.51. The van der Waals surface area contributed by atoms with Gasteiger partial charge in [-0.1, -0.05) is 0 Å². The van der Waals surface area contributed by atoms with E-state index in [0.29, 0.717) is 0 Å². The molecule has 5 N–H and O–H groups in total. The van der Waals surface area contributed by atoms with E-state index in [1.54, 1.807) is 0 Å². The van der Waals surface area contributed by atoms with Gasteiger partial charge in [0.05, 0.1) is 22.0 Å². The van der Waals surface area contributed by atoms with E-state index in [2.05, 4.69) is 10.2 Å². The first-order valence-corrected chi connectivity index (χ1v) is 10.9. The number of anilines is 1. The maximum absolute atomic E-state index is 11.3. The van der Waals surface area contributed by atoms with E-state index in [1.807, 2.05) is 0 Å². The van der Waals surface area contributed by atoms with E-state index < -0.39 is 56.4 Å². The zero-order valence-corrected chi connectivity index (χ0v) is 15.4. The summed E-state index contributed by atoms with van der Waals surface area (Å²) in [6.07, 6.45) is 0. The van der Waals surface area contributed by atoms with Gasteiger partial charge in [-0.25, -0.2) is 0 Å². The minimum Gasteiger partial charge on any atom is -0.396 e. The van der Waals surface area contributed by atoms with Gasteiger partial charge < -0.3 is 5.73 Å². The minimum absolute atomic E-state index is 0.0565. The Balaban J connectivity index is 2.54. The summed E-state index contributed by atoms with van der Waals surface area (Å²) >= 11 is 0. The van der Waals surface area contributed by atoms with Crippen LogP contribution in [0.25, 0.3) is 0 Å². The molecule has 146 valence electrons. The van der Waals surface area contributed by atoms with Gasteiger partial charge in [-0.2, -0.15) is 35.5 Å². The third-order valence-corrected chi connectivity index (χ3v) is 5.72. The highest BCUT2D eigenvalue weighted by Crippen LogP contribution is 2.32. The van der Waals surface area contributed by atoms with Crippen molar-refractivity contribution < 1.29 is 38.9 Å². The monoisotopic (exact) mass is 437 g/mol. The van der Waals surface area contributed by atoms with Crippen LogP contribution in [-0.4, -0.2) is 38.9 Å². The van der Waals surface area contributed by atoms with Crippen LogP contribution in [0.3, 0.4) is 0 Å². The van der Waals surface area contributed by atoms with Crippen molar-refractivity contribution in [3.63, 3.8) is 0 Å². The molecule has 12 nitrogen and oxygen atoms in total. The number of hydrogen-bond donors (Lipinski definition) is 4. The molecule has 0 spiro atoms. The molecule has 0 atom stereocenters. The van der Waals surface area contributed by atoms with E-state index in [1.165, 1.54) is 0 Å². The van der Waals surface area contributed by atoms with Crippen molar-refractivity contribution in [2.45, 2.75) is 14.7 Å². The Labute approximate surface area is 153 Å². The smallest absolute Gasteiger partial charge is 0.296 e. The Morgan fingerprint density at radius 2 is 1.07 bits per heavy atom. The quantitative estimate of drug-likeness (QED) is 0.300. The molecule has 0 aliphatic rings. The van der Waals surface area contributed by atoms with Crippen molar-refractivity contribution in [2.75, 3.05) is 5.73 Å². The highest BCUT2D eigenvalue weighted by atomic mass is 32.2. The second-order valence-electron chi connectivity index (χ2n) is 4.97. The third-order valence-electron chi connectivity index (χ3n) is 3.06. The molecule has 15 heteroatoms. The number of benzene rings is 2. The third kappa shape index (κ3) is 5.06. The van der Waals surface area contributed by atoms with Gasteiger partial charge in [-0.15, -0.1) is 0 Å². The number of nitrogens with zero attached hydrogens (tertiary/aromatic N) is 2. The van der Waals surface area contributed by atoms with Crippen LogP contribution in [-0.2, 0) is 30.4 Å². The topological polar surface area (TPSA) is 214 Å². The van der Waals surface area contributed by atoms with Crippen LogP contribution in [0.4, 0.5) is 17.1 Å². The fraction of sp³-hybridized carbons (Fsp3) is 0. The summed E-state index contributed by atoms with van der Waals surface area (Å²) in [5.41, 5.74) is 4.11. The second kappa shape index (κ2) is 6.95. The molecule has 2 aromatic carbocycles. The zero-order chi connectivity index (χ0) is 20.6. The Morgan fingerprint density at radius 1 is 0.667 bits per heavy atom. The Bertz CT molecular complexity index is 1180. The van der Waals surface area contributed by atoms with Gasteiger partial charge in [-0.05, 0) is 36.4 Å². The van der Waals surface area contributed by atoms with Crippen molar-refractivity contribution in [1.82, 2.24) is 0 Å². The van der Waals surface area contributed by atoms with E-state index in [-0.39, 0.29) is 5.69 Å². The standard InChI is InChI=1S/C12H11N3O9S3/c13-12-10(26(19,20)21)5-8(6-11(12)27(22,23)24)15-14-7-1-3-9(4-2-7)25(16,17)18/h1-6H,13H2,(H,16,17,18)(H,19,20,21)(H,22,23,24). The first-order valence-electron chi connectivity index (χ1n) is 6.57. The van der Waals surface area contributed by atoms with Crippen molar-refractivity contribution in [3.8, 4) is 0 Å². The van der Waals surface area contributed by atoms with Gasteiger partial charge in [0.15, 0.2) is 0 Å². The largest absolute Gasteiger partial charge is 0.396 e. The molecular weight excluding hydrogens is 426 g/mol. The first kappa shape index (κ1) is 20.9. The summed E-state index contributed by atoms with van der Waals surface area (Å²) in [6, 6.07) is 5.76.